The zero-order valence-corrected chi connectivity index (χ0v) is 12.9. The molecule has 18 heavy (non-hydrogen) atoms. The van der Waals surface area contributed by atoms with Crippen molar-refractivity contribution in [3.8, 4) is 5.75 Å². The number of methoxy groups -OCH3 is 1. The average Bonchev–Trinajstić information content (AvgIpc) is 2.73. The van der Waals surface area contributed by atoms with Crippen molar-refractivity contribution in [1.29, 1.82) is 0 Å². The van der Waals surface area contributed by atoms with Gasteiger partial charge < -0.3 is 10.5 Å². The highest BCUT2D eigenvalue weighted by molar-refractivity contribution is 14.1. The van der Waals surface area contributed by atoms with Gasteiger partial charge in [0.1, 0.15) is 5.69 Å². The number of rotatable bonds is 3. The summed E-state index contributed by atoms with van der Waals surface area (Å²) in [5, 5.41) is 4.85. The van der Waals surface area contributed by atoms with Crippen LogP contribution < -0.4 is 10.5 Å². The highest BCUT2D eigenvalue weighted by Gasteiger charge is 2.19. The van der Waals surface area contributed by atoms with Gasteiger partial charge in [-0.05, 0) is 40.3 Å². The number of nitrogens with zero attached hydrogens (tertiary/aromatic N) is 2. The summed E-state index contributed by atoms with van der Waals surface area (Å²) in [6.45, 7) is 0. The monoisotopic (exact) mass is 377 g/mol. The van der Waals surface area contributed by atoms with Gasteiger partial charge in [0.2, 0.25) is 0 Å². The quantitative estimate of drug-likeness (QED) is 0.837. The summed E-state index contributed by atoms with van der Waals surface area (Å²) in [5.41, 5.74) is 8.02. The molecule has 0 radical (unpaired) electrons. The van der Waals surface area contributed by atoms with Crippen LogP contribution >= 0.6 is 34.2 Å². The van der Waals surface area contributed by atoms with Gasteiger partial charge in [-0.1, -0.05) is 17.7 Å². The highest BCUT2D eigenvalue weighted by atomic mass is 127. The third-order valence-corrected chi connectivity index (χ3v) is 4.34. The highest BCUT2D eigenvalue weighted by Crippen LogP contribution is 2.30. The topological polar surface area (TPSA) is 53.1 Å². The predicted octanol–water partition coefficient (Wildman–Crippen LogP) is 2.73. The fraction of sp³-hybridized carbons (Fsp3) is 0.250. The number of benzene rings is 1. The smallest absolute Gasteiger partial charge is 0.161 e. The second kappa shape index (κ2) is 5.46. The first-order chi connectivity index (χ1) is 8.54. The van der Waals surface area contributed by atoms with Crippen molar-refractivity contribution in [2.24, 2.45) is 12.8 Å². The van der Waals surface area contributed by atoms with Crippen molar-refractivity contribution in [3.05, 3.63) is 44.2 Å². The normalized spacial score (nSPS) is 12.5. The van der Waals surface area contributed by atoms with Gasteiger partial charge in [0.15, 0.2) is 5.75 Å². The van der Waals surface area contributed by atoms with Crippen LogP contribution in [0.1, 0.15) is 17.3 Å². The molecule has 1 aromatic heterocycles. The van der Waals surface area contributed by atoms with Gasteiger partial charge in [-0.25, -0.2) is 0 Å². The number of halogens is 2. The van der Waals surface area contributed by atoms with Crippen molar-refractivity contribution in [3.63, 3.8) is 0 Å². The third kappa shape index (κ3) is 2.48. The summed E-state index contributed by atoms with van der Waals surface area (Å²) >= 11 is 8.30. The van der Waals surface area contributed by atoms with Crippen LogP contribution in [0.25, 0.3) is 0 Å². The molecule has 0 saturated heterocycles. The zero-order valence-electron chi connectivity index (χ0n) is 10.0. The first kappa shape index (κ1) is 13.6. The van der Waals surface area contributed by atoms with E-state index < -0.39 is 0 Å². The molecule has 0 saturated carbocycles. The van der Waals surface area contributed by atoms with E-state index in [4.69, 9.17) is 22.1 Å². The van der Waals surface area contributed by atoms with Crippen LogP contribution in [0.15, 0.2) is 24.4 Å². The second-order valence-corrected chi connectivity index (χ2v) is 5.44. The minimum atomic E-state index is -0.318. The van der Waals surface area contributed by atoms with E-state index in [9.17, 15) is 0 Å². The van der Waals surface area contributed by atoms with Crippen molar-refractivity contribution in [2.75, 3.05) is 7.11 Å². The number of hydrogen-bond acceptors (Lipinski definition) is 3. The summed E-state index contributed by atoms with van der Waals surface area (Å²) < 4.78 is 7.98. The van der Waals surface area contributed by atoms with E-state index in [0.717, 1.165) is 14.8 Å². The van der Waals surface area contributed by atoms with E-state index in [1.165, 1.54) is 0 Å². The Morgan fingerprint density at radius 2 is 2.22 bits per heavy atom. The molecule has 0 amide bonds. The SMILES string of the molecule is COc1cnn(C)c1C(N)c1ccc(I)c(Cl)c1. The van der Waals surface area contributed by atoms with Crippen LogP contribution in [0.5, 0.6) is 5.75 Å². The van der Waals surface area contributed by atoms with E-state index >= 15 is 0 Å². The molecule has 1 unspecified atom stereocenters. The molecule has 2 aromatic rings. The lowest BCUT2D eigenvalue weighted by atomic mass is 10.0. The molecule has 0 aliphatic rings. The Labute approximate surface area is 124 Å². The Bertz CT molecular complexity index is 570. The number of ether oxygens (including phenoxy) is 1. The molecule has 0 aliphatic carbocycles. The Kier molecular flexibility index (Phi) is 4.14. The Balaban J connectivity index is 2.44. The lowest BCUT2D eigenvalue weighted by Gasteiger charge is -2.15. The number of nitrogens with two attached hydrogens (primary N) is 1. The molecule has 2 N–H and O–H groups in total. The fourth-order valence-electron chi connectivity index (χ4n) is 1.80. The lowest BCUT2D eigenvalue weighted by Crippen LogP contribution is -2.17. The van der Waals surface area contributed by atoms with Crippen LogP contribution in [-0.2, 0) is 7.05 Å². The van der Waals surface area contributed by atoms with E-state index in [1.54, 1.807) is 18.0 Å². The largest absolute Gasteiger partial charge is 0.493 e. The molecule has 1 aromatic carbocycles. The Hall–Kier alpha value is -0.790. The van der Waals surface area contributed by atoms with Crippen molar-refractivity contribution in [2.45, 2.75) is 6.04 Å². The number of aryl methyl sites for hydroxylation is 1. The molecular weight excluding hydrogens is 365 g/mol. The molecule has 0 bridgehead atoms. The second-order valence-electron chi connectivity index (χ2n) is 3.87. The van der Waals surface area contributed by atoms with Crippen LogP contribution in [0.4, 0.5) is 0 Å². The maximum Gasteiger partial charge on any atom is 0.161 e. The average molecular weight is 378 g/mol. The fourth-order valence-corrected chi connectivity index (χ4v) is 2.33. The number of hydrogen-bond donors (Lipinski definition) is 1. The van der Waals surface area contributed by atoms with E-state index in [1.807, 2.05) is 25.2 Å². The number of aromatic nitrogens is 2. The Morgan fingerprint density at radius 3 is 2.83 bits per heavy atom. The van der Waals surface area contributed by atoms with Crippen LogP contribution in [0.2, 0.25) is 5.02 Å². The minimum Gasteiger partial charge on any atom is -0.493 e. The molecule has 1 atom stereocenters. The van der Waals surface area contributed by atoms with E-state index in [-0.39, 0.29) is 6.04 Å². The van der Waals surface area contributed by atoms with Gasteiger partial charge in [-0.2, -0.15) is 5.10 Å². The summed E-state index contributed by atoms with van der Waals surface area (Å²) in [4.78, 5) is 0. The van der Waals surface area contributed by atoms with E-state index in [2.05, 4.69) is 27.7 Å². The van der Waals surface area contributed by atoms with Gasteiger partial charge >= 0.3 is 0 Å². The maximum absolute atomic E-state index is 6.26. The molecule has 0 fully saturated rings. The molecule has 0 spiro atoms. The summed E-state index contributed by atoms with van der Waals surface area (Å²) in [6, 6.07) is 5.47. The standard InChI is InChI=1S/C12H13ClIN3O/c1-17-12(10(18-2)6-16-17)11(15)7-3-4-9(14)8(13)5-7/h3-6,11H,15H2,1-2H3. The van der Waals surface area contributed by atoms with Gasteiger partial charge in [-0.15, -0.1) is 0 Å². The van der Waals surface area contributed by atoms with E-state index in [0.29, 0.717) is 10.8 Å². The van der Waals surface area contributed by atoms with Crippen molar-refractivity contribution < 1.29 is 4.74 Å². The van der Waals surface area contributed by atoms with Crippen molar-refractivity contribution >= 4 is 34.2 Å². The third-order valence-electron chi connectivity index (χ3n) is 2.77. The summed E-state index contributed by atoms with van der Waals surface area (Å²) in [5.74, 6) is 0.680. The molecule has 0 aliphatic heterocycles. The summed E-state index contributed by atoms with van der Waals surface area (Å²) in [7, 11) is 3.44. The first-order valence-corrected chi connectivity index (χ1v) is 6.76. The Morgan fingerprint density at radius 1 is 1.50 bits per heavy atom. The molecule has 2 rings (SSSR count). The van der Waals surface area contributed by atoms with Gasteiger partial charge in [0.05, 0.1) is 24.4 Å². The molecule has 96 valence electrons. The van der Waals surface area contributed by atoms with Gasteiger partial charge in [-0.3, -0.25) is 4.68 Å². The van der Waals surface area contributed by atoms with Crippen LogP contribution in [0.3, 0.4) is 0 Å². The molecule has 6 heteroatoms. The van der Waals surface area contributed by atoms with Crippen LogP contribution in [-0.4, -0.2) is 16.9 Å². The first-order valence-electron chi connectivity index (χ1n) is 5.31. The summed E-state index contributed by atoms with van der Waals surface area (Å²) in [6.07, 6.45) is 1.66. The minimum absolute atomic E-state index is 0.318. The zero-order chi connectivity index (χ0) is 13.3. The molecule has 4 nitrogen and oxygen atoms in total. The maximum atomic E-state index is 6.26. The van der Waals surface area contributed by atoms with Crippen LogP contribution in [0, 0.1) is 3.57 Å². The lowest BCUT2D eigenvalue weighted by molar-refractivity contribution is 0.406. The van der Waals surface area contributed by atoms with Gasteiger partial charge in [0.25, 0.3) is 0 Å². The predicted molar refractivity (Wildman–Crippen MR) is 80.0 cm³/mol. The van der Waals surface area contributed by atoms with Crippen molar-refractivity contribution in [1.82, 2.24) is 9.78 Å². The molecule has 1 heterocycles. The molecular formula is C12H13ClIN3O. The van der Waals surface area contributed by atoms with Gasteiger partial charge in [0, 0.05) is 10.6 Å².